The Labute approximate surface area is 281 Å². The number of likely N-dealkylation sites (tertiary alicyclic amines) is 2. The fourth-order valence-electron chi connectivity index (χ4n) is 6.64. The van der Waals surface area contributed by atoms with Crippen molar-refractivity contribution in [1.29, 1.82) is 0 Å². The number of nitrogens with one attached hydrogen (secondary N) is 2. The topological polar surface area (TPSA) is 154 Å². The van der Waals surface area contributed by atoms with Crippen molar-refractivity contribution >= 4 is 44.7 Å². The number of benzene rings is 2. The van der Waals surface area contributed by atoms with Crippen molar-refractivity contribution in [1.82, 2.24) is 29.4 Å². The molecule has 256 valence electrons. The van der Waals surface area contributed by atoms with Crippen LogP contribution in [-0.4, -0.2) is 99.5 Å². The second kappa shape index (κ2) is 13.7. The Morgan fingerprint density at radius 2 is 1.75 bits per heavy atom. The van der Waals surface area contributed by atoms with Crippen LogP contribution in [0.15, 0.2) is 53.6 Å². The van der Waals surface area contributed by atoms with Crippen LogP contribution in [-0.2, 0) is 14.6 Å². The molecule has 2 saturated heterocycles. The number of methoxy groups -OCH3 is 1. The van der Waals surface area contributed by atoms with Crippen molar-refractivity contribution in [3.8, 4) is 5.75 Å². The molecule has 2 fully saturated rings. The third-order valence-electron chi connectivity index (χ3n) is 9.50. The van der Waals surface area contributed by atoms with E-state index < -0.39 is 15.1 Å². The summed E-state index contributed by atoms with van der Waals surface area (Å²) in [5.41, 5.74) is 3.85. The number of aromatic nitrogens is 4. The highest BCUT2D eigenvalue weighted by Crippen LogP contribution is 2.38. The lowest BCUT2D eigenvalue weighted by molar-refractivity contribution is -0.137. The number of fused-ring (bicyclic) bond motifs is 1. The number of para-hydroxylation sites is 1. The van der Waals surface area contributed by atoms with Gasteiger partial charge in [-0.25, -0.2) is 8.42 Å². The highest BCUT2D eigenvalue weighted by Gasteiger charge is 2.33. The maximum atomic E-state index is 13.2. The van der Waals surface area contributed by atoms with Crippen LogP contribution in [0.1, 0.15) is 57.1 Å². The van der Waals surface area contributed by atoms with Crippen LogP contribution in [0.2, 0.25) is 0 Å². The number of anilines is 4. The van der Waals surface area contributed by atoms with Gasteiger partial charge in [0.1, 0.15) is 5.75 Å². The molecule has 0 radical (unpaired) electrons. The molecule has 13 nitrogen and oxygen atoms in total. The molecule has 0 unspecified atom stereocenters. The summed E-state index contributed by atoms with van der Waals surface area (Å²) in [6.45, 7) is 9.98. The van der Waals surface area contributed by atoms with E-state index in [-0.39, 0.29) is 34.8 Å². The minimum absolute atomic E-state index is 0.130. The van der Waals surface area contributed by atoms with Gasteiger partial charge in [0, 0.05) is 32.2 Å². The summed E-state index contributed by atoms with van der Waals surface area (Å²) in [7, 11) is -1.94. The number of aliphatic hydroxyl groups excluding tert-OH is 1. The van der Waals surface area contributed by atoms with Crippen LogP contribution in [0, 0.1) is 6.92 Å². The summed E-state index contributed by atoms with van der Waals surface area (Å²) in [4.78, 5) is 26.7. The summed E-state index contributed by atoms with van der Waals surface area (Å²) >= 11 is 0. The molecular formula is C34H44N8O5S. The number of hydrogen-bond acceptors (Lipinski definition) is 11. The van der Waals surface area contributed by atoms with Gasteiger partial charge in [-0.3, -0.25) is 9.69 Å². The average Bonchev–Trinajstić information content (AvgIpc) is 3.74. The van der Waals surface area contributed by atoms with Gasteiger partial charge in [-0.1, -0.05) is 12.1 Å². The quantitative estimate of drug-likeness (QED) is 0.221. The van der Waals surface area contributed by atoms with Gasteiger partial charge in [0.2, 0.25) is 17.8 Å². The molecule has 3 N–H and O–H groups in total. The van der Waals surface area contributed by atoms with E-state index in [9.17, 15) is 18.3 Å². The van der Waals surface area contributed by atoms with E-state index in [1.54, 1.807) is 57.5 Å². The number of piperidine rings is 1. The molecule has 2 aromatic heterocycles. The van der Waals surface area contributed by atoms with E-state index in [0.717, 1.165) is 24.9 Å². The molecular weight excluding hydrogens is 632 g/mol. The summed E-state index contributed by atoms with van der Waals surface area (Å²) in [5.74, 6) is 1.62. The molecule has 0 aliphatic carbocycles. The minimum atomic E-state index is -3.57. The zero-order chi connectivity index (χ0) is 34.2. The van der Waals surface area contributed by atoms with Gasteiger partial charge in [0.15, 0.2) is 15.5 Å². The first-order valence-corrected chi connectivity index (χ1v) is 18.0. The van der Waals surface area contributed by atoms with Crippen molar-refractivity contribution < 1.29 is 23.1 Å². The lowest BCUT2D eigenvalue weighted by Crippen LogP contribution is -2.48. The SMILES string of the molecule is COc1cc(C2CCN(C(=O)[C@H](C)N3CC[C@@H](O)C3)CC2)c(C)cc1Nc1nc(Nc2ccccc2S(=O)(=O)C(C)C)n2nccc2n1. The van der Waals surface area contributed by atoms with E-state index >= 15 is 0 Å². The standard InChI is InChI=1S/C34H44N8O5S/c1-21(2)48(45,46)30-9-7-6-8-27(30)37-34-39-33(38-31-10-14-35-42(31)34)36-28-18-22(3)26(19-29(28)47-5)24-11-15-40(16-12-24)32(44)23(4)41-17-13-25(43)20-41/h6-10,14,18-19,21,23-25,43H,11-13,15-17,20H2,1-5H3,(H2,36,37,38,39)/t23-,25+/m0/s1. The number of β-amino-alcohol motifs (C(OH)–C–C–N with tert-alkyl or cyclic N) is 1. The van der Waals surface area contributed by atoms with Crippen LogP contribution in [0.25, 0.3) is 5.65 Å². The lowest BCUT2D eigenvalue weighted by Gasteiger charge is -2.36. The predicted octanol–water partition coefficient (Wildman–Crippen LogP) is 4.27. The molecule has 0 bridgehead atoms. The molecule has 2 aliphatic rings. The molecule has 0 spiro atoms. The van der Waals surface area contributed by atoms with Crippen LogP contribution in [0.5, 0.6) is 5.75 Å². The van der Waals surface area contributed by atoms with Gasteiger partial charge < -0.3 is 25.4 Å². The van der Waals surface area contributed by atoms with Crippen LogP contribution >= 0.6 is 0 Å². The Morgan fingerprint density at radius 1 is 1.00 bits per heavy atom. The first-order valence-electron chi connectivity index (χ1n) is 16.4. The van der Waals surface area contributed by atoms with Gasteiger partial charge in [-0.15, -0.1) is 0 Å². The second-order valence-electron chi connectivity index (χ2n) is 12.9. The third kappa shape index (κ3) is 6.69. The van der Waals surface area contributed by atoms with Crippen LogP contribution in [0.4, 0.5) is 23.3 Å². The number of amides is 1. The Balaban J connectivity index is 1.20. The van der Waals surface area contributed by atoms with E-state index in [1.165, 1.54) is 10.1 Å². The van der Waals surface area contributed by atoms with Crippen molar-refractivity contribution in [2.24, 2.45) is 0 Å². The summed E-state index contributed by atoms with van der Waals surface area (Å²) < 4.78 is 33.5. The second-order valence-corrected chi connectivity index (χ2v) is 15.4. The molecule has 4 aromatic rings. The fraction of sp³-hybridized carbons (Fsp3) is 0.471. The van der Waals surface area contributed by atoms with E-state index in [1.807, 2.05) is 17.9 Å². The van der Waals surface area contributed by atoms with Gasteiger partial charge in [0.25, 0.3) is 0 Å². The number of ether oxygens (including phenoxy) is 1. The Kier molecular flexibility index (Phi) is 9.59. The number of carbonyl (C=O) groups excluding carboxylic acids is 1. The van der Waals surface area contributed by atoms with E-state index in [4.69, 9.17) is 4.74 Å². The zero-order valence-electron chi connectivity index (χ0n) is 28.0. The minimum Gasteiger partial charge on any atom is -0.495 e. The average molecular weight is 677 g/mol. The van der Waals surface area contributed by atoms with E-state index in [2.05, 4.69) is 43.6 Å². The number of hydrogen-bond donors (Lipinski definition) is 3. The molecule has 6 rings (SSSR count). The van der Waals surface area contributed by atoms with Gasteiger partial charge in [-0.05, 0) is 88.3 Å². The van der Waals surface area contributed by atoms with Gasteiger partial charge in [0.05, 0.1) is 47.0 Å². The first kappa shape index (κ1) is 33.6. The first-order chi connectivity index (χ1) is 23.0. The zero-order valence-corrected chi connectivity index (χ0v) is 28.9. The Bertz CT molecular complexity index is 1900. The predicted molar refractivity (Wildman–Crippen MR) is 184 cm³/mol. The number of nitrogens with zero attached hydrogens (tertiary/aromatic N) is 6. The Morgan fingerprint density at radius 3 is 2.44 bits per heavy atom. The largest absolute Gasteiger partial charge is 0.495 e. The lowest BCUT2D eigenvalue weighted by atomic mass is 9.86. The number of carbonyl (C=O) groups is 1. The maximum absolute atomic E-state index is 13.2. The summed E-state index contributed by atoms with van der Waals surface area (Å²) in [5, 5.41) is 20.1. The number of aryl methyl sites for hydroxylation is 1. The van der Waals surface area contributed by atoms with Crippen molar-refractivity contribution in [2.75, 3.05) is 43.9 Å². The Hall–Kier alpha value is -4.27. The molecule has 0 saturated carbocycles. The highest BCUT2D eigenvalue weighted by molar-refractivity contribution is 7.92. The fourth-order valence-corrected chi connectivity index (χ4v) is 7.84. The van der Waals surface area contributed by atoms with Crippen LogP contribution < -0.4 is 15.4 Å². The molecule has 14 heteroatoms. The molecule has 48 heavy (non-hydrogen) atoms. The molecule has 2 aliphatic heterocycles. The van der Waals surface area contributed by atoms with Gasteiger partial charge >= 0.3 is 0 Å². The summed E-state index contributed by atoms with van der Waals surface area (Å²) in [6.07, 6.45) is 3.67. The van der Waals surface area contributed by atoms with Crippen molar-refractivity contribution in [3.63, 3.8) is 0 Å². The molecule has 1 amide bonds. The van der Waals surface area contributed by atoms with E-state index in [0.29, 0.717) is 54.8 Å². The van der Waals surface area contributed by atoms with Crippen molar-refractivity contribution in [3.05, 3.63) is 59.8 Å². The van der Waals surface area contributed by atoms with Crippen LogP contribution in [0.3, 0.4) is 0 Å². The normalized spacial score (nSPS) is 18.4. The van der Waals surface area contributed by atoms with Gasteiger partial charge in [-0.2, -0.15) is 19.6 Å². The number of rotatable bonds is 10. The van der Waals surface area contributed by atoms with Crippen molar-refractivity contribution in [2.45, 2.75) is 75.2 Å². The third-order valence-corrected chi connectivity index (χ3v) is 11.7. The molecule has 4 heterocycles. The highest BCUT2D eigenvalue weighted by atomic mass is 32.2. The molecule has 2 atom stereocenters. The smallest absolute Gasteiger partial charge is 0.239 e. The summed E-state index contributed by atoms with van der Waals surface area (Å²) in [6, 6.07) is 12.3. The maximum Gasteiger partial charge on any atom is 0.239 e. The monoisotopic (exact) mass is 676 g/mol. The molecule has 2 aromatic carbocycles. The number of sulfone groups is 1. The number of aliphatic hydroxyl groups is 1.